The van der Waals surface area contributed by atoms with Gasteiger partial charge in [0.2, 0.25) is 0 Å². The number of carbonyl (C=O) groups is 1. The number of aryl methyl sites for hydroxylation is 1. The van der Waals surface area contributed by atoms with Crippen molar-refractivity contribution in [3.63, 3.8) is 0 Å². The second-order valence-corrected chi connectivity index (χ2v) is 7.33. The summed E-state index contributed by atoms with van der Waals surface area (Å²) < 4.78 is 0. The van der Waals surface area contributed by atoms with Gasteiger partial charge < -0.3 is 15.1 Å². The number of aromatic nitrogens is 1. The zero-order valence-corrected chi connectivity index (χ0v) is 15.9. The van der Waals surface area contributed by atoms with E-state index in [1.54, 1.807) is 6.20 Å². The Morgan fingerprint density at radius 3 is 2.54 bits per heavy atom. The number of nitrogens with zero attached hydrogens (tertiary/aromatic N) is 3. The van der Waals surface area contributed by atoms with E-state index in [1.807, 2.05) is 17.0 Å². The summed E-state index contributed by atoms with van der Waals surface area (Å²) in [5.74, 6) is 0.588. The van der Waals surface area contributed by atoms with Crippen molar-refractivity contribution in [1.29, 1.82) is 0 Å². The molecule has 1 aromatic heterocycles. The molecule has 1 fully saturated rings. The van der Waals surface area contributed by atoms with Crippen LogP contribution < -0.4 is 10.2 Å². The van der Waals surface area contributed by atoms with Crippen molar-refractivity contribution in [3.05, 3.63) is 53.9 Å². The average Bonchev–Trinajstić information content (AvgIpc) is 2.66. The topological polar surface area (TPSA) is 48.5 Å². The van der Waals surface area contributed by atoms with Crippen LogP contribution in [0.4, 0.5) is 11.4 Å². The molecule has 0 spiro atoms. The van der Waals surface area contributed by atoms with Crippen LogP contribution in [-0.2, 0) is 0 Å². The smallest absolute Gasteiger partial charge is 0.272 e. The lowest BCUT2D eigenvalue weighted by Gasteiger charge is -2.36. The highest BCUT2D eigenvalue weighted by molar-refractivity contribution is 5.92. The molecule has 1 aliphatic rings. The van der Waals surface area contributed by atoms with Crippen LogP contribution in [0.25, 0.3) is 0 Å². The number of rotatable bonds is 5. The van der Waals surface area contributed by atoms with Gasteiger partial charge in [0.15, 0.2) is 0 Å². The third kappa shape index (κ3) is 4.54. The zero-order chi connectivity index (χ0) is 18.5. The Balaban J connectivity index is 1.56. The normalized spacial score (nSPS) is 14.6. The first kappa shape index (κ1) is 18.2. The lowest BCUT2D eigenvalue weighted by Crippen LogP contribution is -2.49. The van der Waals surface area contributed by atoms with E-state index >= 15 is 0 Å². The van der Waals surface area contributed by atoms with E-state index < -0.39 is 0 Å². The minimum atomic E-state index is 0.0179. The van der Waals surface area contributed by atoms with E-state index in [9.17, 15) is 4.79 Å². The molecule has 1 N–H and O–H groups in total. The fourth-order valence-corrected chi connectivity index (χ4v) is 3.10. The Morgan fingerprint density at radius 2 is 1.92 bits per heavy atom. The Kier molecular flexibility index (Phi) is 5.76. The first-order valence-electron chi connectivity index (χ1n) is 9.34. The highest BCUT2D eigenvalue weighted by Crippen LogP contribution is 2.18. The van der Waals surface area contributed by atoms with Crippen LogP contribution in [0.5, 0.6) is 0 Å². The summed E-state index contributed by atoms with van der Waals surface area (Å²) >= 11 is 0. The third-order valence-electron chi connectivity index (χ3n) is 4.63. The van der Waals surface area contributed by atoms with Gasteiger partial charge in [-0.05, 0) is 42.7 Å². The Morgan fingerprint density at radius 1 is 1.15 bits per heavy atom. The van der Waals surface area contributed by atoms with Crippen LogP contribution in [0.15, 0.2) is 42.6 Å². The molecule has 0 atom stereocenters. The maximum Gasteiger partial charge on any atom is 0.272 e. The molecular formula is C21H28N4O. The van der Waals surface area contributed by atoms with Crippen molar-refractivity contribution in [1.82, 2.24) is 9.88 Å². The molecule has 0 saturated carbocycles. The number of nitrogens with one attached hydrogen (secondary N) is 1. The molecule has 3 rings (SSSR count). The maximum absolute atomic E-state index is 12.7. The SMILES string of the molecule is Cc1cccc(N2CCN(C(=O)c3ccc(NCC(C)C)cn3)CC2)c1. The molecular weight excluding hydrogens is 324 g/mol. The third-order valence-corrected chi connectivity index (χ3v) is 4.63. The predicted molar refractivity (Wildman–Crippen MR) is 107 cm³/mol. The van der Waals surface area contributed by atoms with Gasteiger partial charge in [0, 0.05) is 38.4 Å². The Bertz CT molecular complexity index is 734. The number of hydrogen-bond donors (Lipinski definition) is 1. The van der Waals surface area contributed by atoms with Crippen LogP contribution in [0.1, 0.15) is 29.9 Å². The first-order chi connectivity index (χ1) is 12.5. The maximum atomic E-state index is 12.7. The lowest BCUT2D eigenvalue weighted by atomic mass is 10.2. The molecule has 26 heavy (non-hydrogen) atoms. The standard InChI is InChI=1S/C21H28N4O/c1-16(2)14-22-18-7-8-20(23-15-18)21(26)25-11-9-24(10-12-25)19-6-4-5-17(3)13-19/h4-8,13,15-16,22H,9-12,14H2,1-3H3. The molecule has 0 bridgehead atoms. The number of hydrogen-bond acceptors (Lipinski definition) is 4. The van der Waals surface area contributed by atoms with Crippen molar-refractivity contribution in [2.24, 2.45) is 5.92 Å². The van der Waals surface area contributed by atoms with Crippen molar-refractivity contribution < 1.29 is 4.79 Å². The van der Waals surface area contributed by atoms with Crippen molar-refractivity contribution in [3.8, 4) is 0 Å². The van der Waals surface area contributed by atoms with Crippen molar-refractivity contribution >= 4 is 17.3 Å². The monoisotopic (exact) mass is 352 g/mol. The molecule has 0 radical (unpaired) electrons. The Labute approximate surface area is 156 Å². The molecule has 5 nitrogen and oxygen atoms in total. The zero-order valence-electron chi connectivity index (χ0n) is 15.9. The van der Waals surface area contributed by atoms with E-state index in [1.165, 1.54) is 11.3 Å². The fourth-order valence-electron chi connectivity index (χ4n) is 3.10. The van der Waals surface area contributed by atoms with Gasteiger partial charge in [0.1, 0.15) is 5.69 Å². The summed E-state index contributed by atoms with van der Waals surface area (Å²) in [6.45, 7) is 10.5. The lowest BCUT2D eigenvalue weighted by molar-refractivity contribution is 0.0741. The van der Waals surface area contributed by atoms with E-state index in [-0.39, 0.29) is 5.91 Å². The number of benzene rings is 1. The van der Waals surface area contributed by atoms with Crippen LogP contribution in [-0.4, -0.2) is 48.5 Å². The van der Waals surface area contributed by atoms with Gasteiger partial charge in [0.05, 0.1) is 11.9 Å². The Hall–Kier alpha value is -2.56. The van der Waals surface area contributed by atoms with E-state index in [0.717, 1.165) is 38.4 Å². The second-order valence-electron chi connectivity index (χ2n) is 7.33. The van der Waals surface area contributed by atoms with E-state index in [0.29, 0.717) is 11.6 Å². The highest BCUT2D eigenvalue weighted by Gasteiger charge is 2.23. The summed E-state index contributed by atoms with van der Waals surface area (Å²) in [5, 5.41) is 3.32. The second kappa shape index (κ2) is 8.21. The molecule has 5 heteroatoms. The fraction of sp³-hybridized carbons (Fsp3) is 0.429. The van der Waals surface area contributed by atoms with Gasteiger partial charge in [-0.1, -0.05) is 26.0 Å². The van der Waals surface area contributed by atoms with Gasteiger partial charge in [-0.3, -0.25) is 4.79 Å². The van der Waals surface area contributed by atoms with Crippen molar-refractivity contribution in [2.75, 3.05) is 42.9 Å². The highest BCUT2D eigenvalue weighted by atomic mass is 16.2. The molecule has 0 aliphatic carbocycles. The average molecular weight is 352 g/mol. The van der Waals surface area contributed by atoms with Crippen LogP contribution >= 0.6 is 0 Å². The number of carbonyl (C=O) groups excluding carboxylic acids is 1. The van der Waals surface area contributed by atoms with Crippen LogP contribution in [0.3, 0.4) is 0 Å². The van der Waals surface area contributed by atoms with Crippen LogP contribution in [0, 0.1) is 12.8 Å². The quantitative estimate of drug-likeness (QED) is 0.896. The molecule has 1 amide bonds. The molecule has 1 saturated heterocycles. The summed E-state index contributed by atoms with van der Waals surface area (Å²) in [6, 6.07) is 12.3. The minimum Gasteiger partial charge on any atom is -0.384 e. The summed E-state index contributed by atoms with van der Waals surface area (Å²) in [5.41, 5.74) is 3.97. The summed E-state index contributed by atoms with van der Waals surface area (Å²) in [6.07, 6.45) is 1.75. The van der Waals surface area contributed by atoms with E-state index in [2.05, 4.69) is 60.2 Å². The van der Waals surface area contributed by atoms with Gasteiger partial charge in [-0.15, -0.1) is 0 Å². The van der Waals surface area contributed by atoms with E-state index in [4.69, 9.17) is 0 Å². The van der Waals surface area contributed by atoms with Gasteiger partial charge in [-0.25, -0.2) is 4.98 Å². The number of piperazine rings is 1. The largest absolute Gasteiger partial charge is 0.384 e. The minimum absolute atomic E-state index is 0.0179. The summed E-state index contributed by atoms with van der Waals surface area (Å²) in [7, 11) is 0. The molecule has 1 aliphatic heterocycles. The number of amides is 1. The number of anilines is 2. The molecule has 2 heterocycles. The summed E-state index contributed by atoms with van der Waals surface area (Å²) in [4.78, 5) is 21.3. The van der Waals surface area contributed by atoms with Gasteiger partial charge in [0.25, 0.3) is 5.91 Å². The first-order valence-corrected chi connectivity index (χ1v) is 9.34. The van der Waals surface area contributed by atoms with Crippen molar-refractivity contribution in [2.45, 2.75) is 20.8 Å². The molecule has 1 aromatic carbocycles. The predicted octanol–water partition coefficient (Wildman–Crippen LogP) is 3.42. The van der Waals surface area contributed by atoms with Gasteiger partial charge >= 0.3 is 0 Å². The molecule has 2 aromatic rings. The van der Waals surface area contributed by atoms with Crippen LogP contribution in [0.2, 0.25) is 0 Å². The molecule has 138 valence electrons. The molecule has 0 unspecified atom stereocenters. The number of pyridine rings is 1. The van der Waals surface area contributed by atoms with Gasteiger partial charge in [-0.2, -0.15) is 0 Å².